The van der Waals surface area contributed by atoms with Gasteiger partial charge in [0.15, 0.2) is 0 Å². The lowest BCUT2D eigenvalue weighted by Gasteiger charge is -2.41. The van der Waals surface area contributed by atoms with Crippen molar-refractivity contribution in [1.82, 2.24) is 14.7 Å². The fourth-order valence-corrected chi connectivity index (χ4v) is 3.64. The molecule has 6 nitrogen and oxygen atoms in total. The summed E-state index contributed by atoms with van der Waals surface area (Å²) in [5, 5.41) is 0. The lowest BCUT2D eigenvalue weighted by atomic mass is 9.94. The first-order chi connectivity index (χ1) is 11.6. The van der Waals surface area contributed by atoms with Gasteiger partial charge >= 0.3 is 0 Å². The molecule has 0 spiro atoms. The minimum Gasteiger partial charge on any atom is -0.379 e. The Balaban J connectivity index is 1.31. The van der Waals surface area contributed by atoms with Crippen molar-refractivity contribution in [2.45, 2.75) is 44.3 Å². The van der Waals surface area contributed by atoms with Crippen molar-refractivity contribution in [1.29, 1.82) is 0 Å². The number of ether oxygens (including phenoxy) is 3. The first-order valence-electron chi connectivity index (χ1n) is 9.60. The summed E-state index contributed by atoms with van der Waals surface area (Å²) in [5.41, 5.74) is 0.0162. The number of hydrogen-bond acceptors (Lipinski definition) is 6. The van der Waals surface area contributed by atoms with Crippen molar-refractivity contribution in [3.8, 4) is 0 Å². The topological polar surface area (TPSA) is 37.4 Å². The molecule has 3 rings (SSSR count). The molecular weight excluding hydrogens is 306 g/mol. The van der Waals surface area contributed by atoms with Gasteiger partial charge in [0, 0.05) is 39.3 Å². The van der Waals surface area contributed by atoms with Gasteiger partial charge in [-0.25, -0.2) is 0 Å². The van der Waals surface area contributed by atoms with E-state index in [2.05, 4.69) is 28.7 Å². The van der Waals surface area contributed by atoms with Crippen molar-refractivity contribution in [2.75, 3.05) is 73.0 Å². The van der Waals surface area contributed by atoms with Gasteiger partial charge in [-0.1, -0.05) is 0 Å². The summed E-state index contributed by atoms with van der Waals surface area (Å²) in [6.07, 6.45) is 4.98. The van der Waals surface area contributed by atoms with Gasteiger partial charge in [-0.15, -0.1) is 0 Å². The average Bonchev–Trinajstić information content (AvgIpc) is 2.62. The molecule has 0 aliphatic carbocycles. The summed E-state index contributed by atoms with van der Waals surface area (Å²) in [7, 11) is 2.19. The second-order valence-electron chi connectivity index (χ2n) is 7.87. The van der Waals surface area contributed by atoms with Crippen molar-refractivity contribution in [3.63, 3.8) is 0 Å². The molecule has 3 aliphatic rings. The highest BCUT2D eigenvalue weighted by Crippen LogP contribution is 2.26. The van der Waals surface area contributed by atoms with Crippen LogP contribution < -0.4 is 0 Å². The van der Waals surface area contributed by atoms with Crippen molar-refractivity contribution in [3.05, 3.63) is 0 Å². The van der Waals surface area contributed by atoms with Gasteiger partial charge in [0.05, 0.1) is 38.4 Å². The SMILES string of the molecule is CN1CCC(OCN2CCC(C)(OCN3CCOCC3)CC2)CC1. The average molecular weight is 341 g/mol. The first-order valence-corrected chi connectivity index (χ1v) is 9.60. The van der Waals surface area contributed by atoms with E-state index in [4.69, 9.17) is 14.2 Å². The molecule has 3 heterocycles. The summed E-state index contributed by atoms with van der Waals surface area (Å²) >= 11 is 0. The largest absolute Gasteiger partial charge is 0.379 e. The van der Waals surface area contributed by atoms with Crippen LogP contribution in [-0.2, 0) is 14.2 Å². The predicted octanol–water partition coefficient (Wildman–Crippen LogP) is 1.22. The summed E-state index contributed by atoms with van der Waals surface area (Å²) in [6, 6.07) is 0. The Morgan fingerprint density at radius 1 is 0.917 bits per heavy atom. The Morgan fingerprint density at radius 2 is 1.54 bits per heavy atom. The molecule has 0 amide bonds. The third-order valence-electron chi connectivity index (χ3n) is 5.77. The van der Waals surface area contributed by atoms with E-state index >= 15 is 0 Å². The lowest BCUT2D eigenvalue weighted by molar-refractivity contribution is -0.136. The van der Waals surface area contributed by atoms with E-state index in [0.717, 1.165) is 78.8 Å². The molecule has 0 atom stereocenters. The van der Waals surface area contributed by atoms with E-state index < -0.39 is 0 Å². The van der Waals surface area contributed by atoms with Crippen LogP contribution in [0.15, 0.2) is 0 Å². The van der Waals surface area contributed by atoms with E-state index in [1.165, 1.54) is 12.8 Å². The summed E-state index contributed by atoms with van der Waals surface area (Å²) in [4.78, 5) is 7.18. The minimum atomic E-state index is 0.0162. The Kier molecular flexibility index (Phi) is 6.89. The van der Waals surface area contributed by atoms with Crippen LogP contribution in [0.3, 0.4) is 0 Å². The van der Waals surface area contributed by atoms with Crippen molar-refractivity contribution >= 4 is 0 Å². The van der Waals surface area contributed by atoms with Crippen LogP contribution in [0.5, 0.6) is 0 Å². The molecule has 3 fully saturated rings. The second kappa shape index (κ2) is 8.92. The van der Waals surface area contributed by atoms with Gasteiger partial charge in [-0.05, 0) is 39.7 Å². The highest BCUT2D eigenvalue weighted by Gasteiger charge is 2.32. The molecule has 0 radical (unpaired) electrons. The third kappa shape index (κ3) is 5.64. The molecule has 0 N–H and O–H groups in total. The van der Waals surface area contributed by atoms with Gasteiger partial charge in [0.1, 0.15) is 0 Å². The summed E-state index contributed by atoms with van der Waals surface area (Å²) in [5.74, 6) is 0. The number of piperidine rings is 2. The highest BCUT2D eigenvalue weighted by atomic mass is 16.5. The Hall–Kier alpha value is -0.240. The Labute approximate surface area is 147 Å². The molecule has 3 aliphatic heterocycles. The molecular formula is C18H35N3O3. The van der Waals surface area contributed by atoms with Gasteiger partial charge in [0.25, 0.3) is 0 Å². The van der Waals surface area contributed by atoms with Crippen LogP contribution in [-0.4, -0.2) is 99.4 Å². The van der Waals surface area contributed by atoms with Gasteiger partial charge in [0.2, 0.25) is 0 Å². The number of nitrogens with zero attached hydrogens (tertiary/aromatic N) is 3. The number of rotatable bonds is 6. The van der Waals surface area contributed by atoms with E-state index in [1.807, 2.05) is 0 Å². The first kappa shape index (κ1) is 18.5. The molecule has 140 valence electrons. The minimum absolute atomic E-state index is 0.0162. The smallest absolute Gasteiger partial charge is 0.0999 e. The zero-order chi connectivity index (χ0) is 16.8. The molecule has 0 aromatic heterocycles. The van der Waals surface area contributed by atoms with E-state index in [9.17, 15) is 0 Å². The molecule has 0 unspecified atom stereocenters. The Morgan fingerprint density at radius 3 is 2.21 bits per heavy atom. The van der Waals surface area contributed by atoms with Gasteiger partial charge < -0.3 is 19.1 Å². The fourth-order valence-electron chi connectivity index (χ4n) is 3.64. The molecule has 0 aromatic carbocycles. The van der Waals surface area contributed by atoms with Gasteiger partial charge in [-0.2, -0.15) is 0 Å². The van der Waals surface area contributed by atoms with Crippen LogP contribution >= 0.6 is 0 Å². The van der Waals surface area contributed by atoms with Gasteiger partial charge in [-0.3, -0.25) is 9.80 Å². The zero-order valence-corrected chi connectivity index (χ0v) is 15.5. The lowest BCUT2D eigenvalue weighted by Crippen LogP contribution is -2.48. The van der Waals surface area contributed by atoms with Crippen LogP contribution in [0.25, 0.3) is 0 Å². The molecule has 6 heteroatoms. The molecule has 24 heavy (non-hydrogen) atoms. The molecule has 0 bridgehead atoms. The Bertz CT molecular complexity index is 361. The quantitative estimate of drug-likeness (QED) is 0.723. The number of morpholine rings is 1. The highest BCUT2D eigenvalue weighted by molar-refractivity contribution is 4.83. The maximum atomic E-state index is 6.26. The van der Waals surface area contributed by atoms with Crippen molar-refractivity contribution < 1.29 is 14.2 Å². The van der Waals surface area contributed by atoms with Crippen LogP contribution in [0.1, 0.15) is 32.6 Å². The number of likely N-dealkylation sites (tertiary alicyclic amines) is 2. The summed E-state index contributed by atoms with van der Waals surface area (Å²) in [6.45, 7) is 11.9. The maximum absolute atomic E-state index is 6.26. The predicted molar refractivity (Wildman–Crippen MR) is 94.0 cm³/mol. The van der Waals surface area contributed by atoms with E-state index in [1.54, 1.807) is 0 Å². The van der Waals surface area contributed by atoms with Crippen molar-refractivity contribution in [2.24, 2.45) is 0 Å². The third-order valence-corrected chi connectivity index (χ3v) is 5.77. The van der Waals surface area contributed by atoms with Crippen LogP contribution in [0.4, 0.5) is 0 Å². The number of hydrogen-bond donors (Lipinski definition) is 0. The monoisotopic (exact) mass is 341 g/mol. The molecule has 3 saturated heterocycles. The maximum Gasteiger partial charge on any atom is 0.0999 e. The van der Waals surface area contributed by atoms with Crippen LogP contribution in [0.2, 0.25) is 0 Å². The standard InChI is InChI=1S/C18H35N3O3/c1-18(24-16-21-11-13-22-14-12-21)5-9-20(10-6-18)15-23-17-3-7-19(2)8-4-17/h17H,3-16H2,1-2H3. The fraction of sp³-hybridized carbons (Fsp3) is 1.00. The second-order valence-corrected chi connectivity index (χ2v) is 7.87. The van der Waals surface area contributed by atoms with E-state index in [-0.39, 0.29) is 5.60 Å². The normalized spacial score (nSPS) is 28.2. The van der Waals surface area contributed by atoms with Crippen LogP contribution in [0, 0.1) is 0 Å². The zero-order valence-electron chi connectivity index (χ0n) is 15.5. The molecule has 0 saturated carbocycles. The molecule has 0 aromatic rings. The van der Waals surface area contributed by atoms with E-state index in [0.29, 0.717) is 6.10 Å². The summed E-state index contributed by atoms with van der Waals surface area (Å²) < 4.78 is 17.8.